The Morgan fingerprint density at radius 2 is 1.76 bits per heavy atom. The molecular weight excluding hydrogens is 360 g/mol. The molecule has 1 amide bonds. The van der Waals surface area contributed by atoms with Crippen molar-refractivity contribution in [2.45, 2.75) is 69.6 Å². The van der Waals surface area contributed by atoms with Gasteiger partial charge in [0.25, 0.3) is 5.91 Å². The molecule has 5 heteroatoms. The number of amides is 1. The van der Waals surface area contributed by atoms with Crippen LogP contribution in [0, 0.1) is 5.41 Å². The molecule has 3 aliphatic rings. The molecule has 5 atom stereocenters. The van der Waals surface area contributed by atoms with E-state index in [1.54, 1.807) is 18.5 Å². The average Bonchev–Trinajstić information content (AvgIpc) is 2.86. The van der Waals surface area contributed by atoms with E-state index in [-0.39, 0.29) is 23.4 Å². The Bertz CT molecular complexity index is 873. The zero-order chi connectivity index (χ0) is 20.0. The maximum atomic E-state index is 13.8. The van der Waals surface area contributed by atoms with Gasteiger partial charge in [-0.1, -0.05) is 50.1 Å². The first-order valence-electron chi connectivity index (χ1n) is 10.9. The van der Waals surface area contributed by atoms with E-state index >= 15 is 0 Å². The molecule has 0 unspecified atom stereocenters. The van der Waals surface area contributed by atoms with Crippen LogP contribution >= 0.6 is 0 Å². The van der Waals surface area contributed by atoms with Crippen molar-refractivity contribution in [1.29, 1.82) is 0 Å². The Kier molecular flexibility index (Phi) is 4.66. The lowest BCUT2D eigenvalue weighted by Gasteiger charge is -2.50. The van der Waals surface area contributed by atoms with E-state index in [4.69, 9.17) is 0 Å². The van der Waals surface area contributed by atoms with Gasteiger partial charge in [-0.3, -0.25) is 9.69 Å². The molecule has 1 aliphatic carbocycles. The first-order chi connectivity index (χ1) is 14.1. The third-order valence-corrected chi connectivity index (χ3v) is 7.81. The van der Waals surface area contributed by atoms with Crippen molar-refractivity contribution < 1.29 is 4.79 Å². The topological polar surface area (TPSA) is 49.3 Å². The van der Waals surface area contributed by atoms with Gasteiger partial charge >= 0.3 is 0 Å². The summed E-state index contributed by atoms with van der Waals surface area (Å²) in [4.78, 5) is 27.2. The number of piperidine rings is 1. The fourth-order valence-corrected chi connectivity index (χ4v) is 6.51. The van der Waals surface area contributed by atoms with Gasteiger partial charge in [0, 0.05) is 35.9 Å². The highest BCUT2D eigenvalue weighted by Crippen LogP contribution is 2.55. The minimum Gasteiger partial charge on any atom is -0.327 e. The average molecular weight is 391 g/mol. The van der Waals surface area contributed by atoms with E-state index in [2.05, 4.69) is 64.1 Å². The number of likely N-dealkylation sites (N-methyl/N-ethyl adjacent to an activating group) is 1. The first kappa shape index (κ1) is 18.7. The van der Waals surface area contributed by atoms with E-state index < -0.39 is 0 Å². The number of carbonyl (C=O) groups excluding carboxylic acids is 1. The Balaban J connectivity index is 1.59. The molecule has 5 nitrogen and oxygen atoms in total. The number of fused-ring (bicyclic) bond motifs is 1. The number of nitrogens with zero attached hydrogens (tertiary/aromatic N) is 4. The monoisotopic (exact) mass is 390 g/mol. The van der Waals surface area contributed by atoms with Gasteiger partial charge in [0.05, 0.1) is 6.04 Å². The fourth-order valence-electron chi connectivity index (χ4n) is 6.51. The summed E-state index contributed by atoms with van der Waals surface area (Å²) in [5.41, 5.74) is 1.44. The second kappa shape index (κ2) is 7.21. The summed E-state index contributed by atoms with van der Waals surface area (Å²) in [5.74, 6) is 0.335. The van der Waals surface area contributed by atoms with E-state index in [0.29, 0.717) is 17.9 Å². The van der Waals surface area contributed by atoms with Crippen LogP contribution in [0.2, 0.25) is 0 Å². The van der Waals surface area contributed by atoms with Crippen LogP contribution in [0.3, 0.4) is 0 Å². The minimum absolute atomic E-state index is 0.00315. The number of rotatable bonds is 3. The summed E-state index contributed by atoms with van der Waals surface area (Å²) in [6.07, 6.45) is 10.2. The van der Waals surface area contributed by atoms with Crippen LogP contribution < -0.4 is 0 Å². The SMILES string of the molecule is CN1[C@H]2CCCC[C@H]3N(C(=O)c4ncccn4)[C@@H](Cc4ccccc4)[C@@H]1C[C@@]23C. The lowest BCUT2D eigenvalue weighted by Crippen LogP contribution is -2.61. The molecule has 1 aromatic heterocycles. The lowest BCUT2D eigenvalue weighted by molar-refractivity contribution is 0.00119. The summed E-state index contributed by atoms with van der Waals surface area (Å²) in [6.45, 7) is 2.43. The smallest absolute Gasteiger partial charge is 0.292 e. The van der Waals surface area contributed by atoms with Crippen molar-refractivity contribution in [3.63, 3.8) is 0 Å². The summed E-state index contributed by atoms with van der Waals surface area (Å²) >= 11 is 0. The van der Waals surface area contributed by atoms with Crippen molar-refractivity contribution in [3.05, 3.63) is 60.2 Å². The van der Waals surface area contributed by atoms with Crippen LogP contribution in [0.15, 0.2) is 48.8 Å². The summed E-state index contributed by atoms with van der Waals surface area (Å²) in [6, 6.07) is 13.7. The van der Waals surface area contributed by atoms with Crippen molar-refractivity contribution in [2.24, 2.45) is 5.41 Å². The molecule has 0 N–H and O–H groups in total. The van der Waals surface area contributed by atoms with E-state index in [0.717, 1.165) is 12.8 Å². The van der Waals surface area contributed by atoms with Gasteiger partial charge < -0.3 is 4.90 Å². The second-order valence-electron chi connectivity index (χ2n) is 9.30. The van der Waals surface area contributed by atoms with Gasteiger partial charge in [-0.2, -0.15) is 0 Å². The molecule has 2 bridgehead atoms. The van der Waals surface area contributed by atoms with Gasteiger partial charge in [-0.05, 0) is 44.4 Å². The number of hydrogen-bond donors (Lipinski definition) is 0. The van der Waals surface area contributed by atoms with Crippen molar-refractivity contribution in [3.8, 4) is 0 Å². The zero-order valence-corrected chi connectivity index (χ0v) is 17.4. The van der Waals surface area contributed by atoms with Crippen LogP contribution in [0.4, 0.5) is 0 Å². The number of hydrogen-bond acceptors (Lipinski definition) is 4. The predicted octanol–water partition coefficient (Wildman–Crippen LogP) is 3.57. The molecular formula is C24H30N4O. The molecule has 2 aliphatic heterocycles. The van der Waals surface area contributed by atoms with Crippen LogP contribution in [-0.4, -0.2) is 56.9 Å². The van der Waals surface area contributed by atoms with Gasteiger partial charge in [-0.25, -0.2) is 9.97 Å². The largest absolute Gasteiger partial charge is 0.327 e. The number of carbonyl (C=O) groups is 1. The predicted molar refractivity (Wildman–Crippen MR) is 112 cm³/mol. The first-order valence-corrected chi connectivity index (χ1v) is 10.9. The standard InChI is InChI=1S/C24H30N4O/c1-24-16-19-18(15-17-9-4-3-5-10-17)28(23(29)22-25-13-8-14-26-22)21(24)12-7-6-11-20(24)27(19)2/h3-5,8-10,13-14,18-21H,6-7,11-12,15-16H2,1-2H3/t18-,19-,20-,21+,24-/m0/s1. The molecule has 5 rings (SSSR count). The molecule has 2 saturated heterocycles. The van der Waals surface area contributed by atoms with E-state index in [9.17, 15) is 4.79 Å². The van der Waals surface area contributed by atoms with Crippen LogP contribution in [-0.2, 0) is 6.42 Å². The highest BCUT2D eigenvalue weighted by molar-refractivity contribution is 5.91. The highest BCUT2D eigenvalue weighted by Gasteiger charge is 2.61. The molecule has 3 fully saturated rings. The molecule has 1 saturated carbocycles. The molecule has 0 spiro atoms. The molecule has 1 aromatic carbocycles. The Morgan fingerprint density at radius 1 is 1.07 bits per heavy atom. The summed E-state index contributed by atoms with van der Waals surface area (Å²) in [5, 5.41) is 0. The third-order valence-electron chi connectivity index (χ3n) is 7.81. The number of aromatic nitrogens is 2. The fraction of sp³-hybridized carbons (Fsp3) is 0.542. The Morgan fingerprint density at radius 3 is 2.48 bits per heavy atom. The van der Waals surface area contributed by atoms with E-state index in [1.165, 1.54) is 31.2 Å². The quantitative estimate of drug-likeness (QED) is 0.804. The van der Waals surface area contributed by atoms with Crippen molar-refractivity contribution in [1.82, 2.24) is 19.8 Å². The van der Waals surface area contributed by atoms with Crippen LogP contribution in [0.5, 0.6) is 0 Å². The van der Waals surface area contributed by atoms with Crippen molar-refractivity contribution in [2.75, 3.05) is 7.05 Å². The zero-order valence-electron chi connectivity index (χ0n) is 17.4. The van der Waals surface area contributed by atoms with Crippen molar-refractivity contribution >= 4 is 5.91 Å². The number of benzene rings is 1. The highest BCUT2D eigenvalue weighted by atomic mass is 16.2. The maximum Gasteiger partial charge on any atom is 0.292 e. The molecule has 29 heavy (non-hydrogen) atoms. The summed E-state index contributed by atoms with van der Waals surface area (Å²) in [7, 11) is 2.29. The van der Waals surface area contributed by atoms with Crippen LogP contribution in [0.25, 0.3) is 0 Å². The molecule has 152 valence electrons. The lowest BCUT2D eigenvalue weighted by atomic mass is 9.69. The summed E-state index contributed by atoms with van der Waals surface area (Å²) < 4.78 is 0. The molecule has 2 aromatic rings. The minimum atomic E-state index is 0.00315. The molecule has 0 radical (unpaired) electrons. The van der Waals surface area contributed by atoms with Gasteiger partial charge in [0.2, 0.25) is 5.82 Å². The third kappa shape index (κ3) is 2.98. The van der Waals surface area contributed by atoms with Gasteiger partial charge in [-0.15, -0.1) is 0 Å². The maximum absolute atomic E-state index is 13.8. The Labute approximate surface area is 173 Å². The Hall–Kier alpha value is -2.27. The van der Waals surface area contributed by atoms with E-state index in [1.807, 2.05) is 0 Å². The molecule has 3 heterocycles. The number of likely N-dealkylation sites (tertiary alicyclic amines) is 2. The van der Waals surface area contributed by atoms with Gasteiger partial charge in [0.15, 0.2) is 0 Å². The van der Waals surface area contributed by atoms with Crippen LogP contribution in [0.1, 0.15) is 55.2 Å². The second-order valence-corrected chi connectivity index (χ2v) is 9.30. The normalized spacial score (nSPS) is 34.1. The van der Waals surface area contributed by atoms with Gasteiger partial charge in [0.1, 0.15) is 0 Å².